The van der Waals surface area contributed by atoms with E-state index in [0.717, 1.165) is 102 Å². The van der Waals surface area contributed by atoms with Crippen molar-refractivity contribution in [3.05, 3.63) is 0 Å². The van der Waals surface area contributed by atoms with Gasteiger partial charge in [0, 0.05) is 25.7 Å². The summed E-state index contributed by atoms with van der Waals surface area (Å²) in [6.07, 6.45) is 57.4. The van der Waals surface area contributed by atoms with Crippen molar-refractivity contribution in [1.82, 2.24) is 0 Å². The van der Waals surface area contributed by atoms with Gasteiger partial charge in [-0.2, -0.15) is 0 Å². The predicted octanol–water partition coefficient (Wildman–Crippen LogP) is 22.1. The first-order chi connectivity index (χ1) is 45.6. The molecular formula is C75H146O17P2. The van der Waals surface area contributed by atoms with Crippen molar-refractivity contribution >= 4 is 39.5 Å². The van der Waals surface area contributed by atoms with Gasteiger partial charge < -0.3 is 33.8 Å². The Labute approximate surface area is 575 Å². The lowest BCUT2D eigenvalue weighted by Crippen LogP contribution is -2.30. The fourth-order valence-electron chi connectivity index (χ4n) is 11.5. The minimum absolute atomic E-state index is 0.104. The zero-order valence-electron chi connectivity index (χ0n) is 61.1. The van der Waals surface area contributed by atoms with Crippen LogP contribution in [0.15, 0.2) is 0 Å². The largest absolute Gasteiger partial charge is 0.472 e. The molecule has 558 valence electrons. The molecule has 0 aromatic carbocycles. The van der Waals surface area contributed by atoms with Gasteiger partial charge in [-0.3, -0.25) is 37.3 Å². The summed E-state index contributed by atoms with van der Waals surface area (Å²) in [5, 5.41) is 10.6. The number of unbranched alkanes of at least 4 members (excludes halogenated alkanes) is 46. The van der Waals surface area contributed by atoms with E-state index in [2.05, 4.69) is 34.6 Å². The fraction of sp³-hybridized carbons (Fsp3) is 0.947. The van der Waals surface area contributed by atoms with E-state index in [1.807, 2.05) is 0 Å². The van der Waals surface area contributed by atoms with Crippen LogP contribution in [0.4, 0.5) is 0 Å². The molecule has 0 bridgehead atoms. The minimum Gasteiger partial charge on any atom is -0.462 e. The summed E-state index contributed by atoms with van der Waals surface area (Å²) in [5.74, 6) is -1.36. The van der Waals surface area contributed by atoms with E-state index in [1.54, 1.807) is 0 Å². The second kappa shape index (κ2) is 68.2. The molecule has 19 heteroatoms. The highest BCUT2D eigenvalue weighted by molar-refractivity contribution is 7.47. The Morgan fingerprint density at radius 1 is 0.298 bits per heavy atom. The molecular weight excluding hydrogens is 1230 g/mol. The Hall–Kier alpha value is -1.94. The smallest absolute Gasteiger partial charge is 0.462 e. The van der Waals surface area contributed by atoms with Gasteiger partial charge in [0.25, 0.3) is 0 Å². The third kappa shape index (κ3) is 67.3. The van der Waals surface area contributed by atoms with E-state index in [9.17, 15) is 43.2 Å². The molecule has 0 aromatic rings. The Morgan fingerprint density at radius 2 is 0.511 bits per heavy atom. The summed E-state index contributed by atoms with van der Waals surface area (Å²) in [5.41, 5.74) is 0. The Bertz CT molecular complexity index is 1810. The number of esters is 4. The van der Waals surface area contributed by atoms with Gasteiger partial charge in [-0.1, -0.05) is 343 Å². The van der Waals surface area contributed by atoms with Crippen molar-refractivity contribution < 1.29 is 80.2 Å². The van der Waals surface area contributed by atoms with Crippen LogP contribution < -0.4 is 0 Å². The number of phosphoric ester groups is 2. The zero-order valence-corrected chi connectivity index (χ0v) is 62.9. The maximum absolute atomic E-state index is 13.1. The molecule has 0 saturated carbocycles. The van der Waals surface area contributed by atoms with Gasteiger partial charge in [-0.15, -0.1) is 0 Å². The third-order valence-electron chi connectivity index (χ3n) is 17.9. The Morgan fingerprint density at radius 3 is 0.755 bits per heavy atom. The standard InChI is InChI=1S/C75H146O17P2/c1-6-10-13-16-18-20-22-24-26-27-28-29-30-31-32-34-36-38-40-45-50-55-60-74(79)92-71(65-86-73(78)59-54-49-44-39-37-35-33-25-23-21-19-17-14-11-7-2)67-90-94(83,84)88-63-69(76)62-87-93(81,82)89-66-70(64-85-72(77)58-53-47-15-12-8-3)91-75(80)61-56-51-46-42-41-43-48-52-57-68(5)9-4/h68-71,76H,6-67H2,1-5H3,(H,81,82)(H,83,84)/t68?,69-,70+,71+/m0/s1. The predicted molar refractivity (Wildman–Crippen MR) is 382 cm³/mol. The molecule has 0 aliphatic heterocycles. The maximum Gasteiger partial charge on any atom is 0.472 e. The number of hydrogen-bond donors (Lipinski definition) is 3. The van der Waals surface area contributed by atoms with Crippen LogP contribution in [0.3, 0.4) is 0 Å². The molecule has 0 heterocycles. The number of ether oxygens (including phenoxy) is 4. The first kappa shape index (κ1) is 92.1. The lowest BCUT2D eigenvalue weighted by atomic mass is 9.99. The summed E-state index contributed by atoms with van der Waals surface area (Å²) in [7, 11) is -9.90. The Balaban J connectivity index is 5.11. The first-order valence-electron chi connectivity index (χ1n) is 39.2. The van der Waals surface area contributed by atoms with Crippen LogP contribution in [0, 0.1) is 5.92 Å². The minimum atomic E-state index is -4.95. The van der Waals surface area contributed by atoms with Crippen LogP contribution in [-0.2, 0) is 65.4 Å². The van der Waals surface area contributed by atoms with E-state index >= 15 is 0 Å². The normalized spacial score (nSPS) is 14.3. The topological polar surface area (TPSA) is 237 Å². The summed E-state index contributed by atoms with van der Waals surface area (Å²) in [6.45, 7) is 7.18. The van der Waals surface area contributed by atoms with Gasteiger partial charge in [0.05, 0.1) is 26.4 Å². The van der Waals surface area contributed by atoms with Gasteiger partial charge in [0.1, 0.15) is 19.3 Å². The van der Waals surface area contributed by atoms with Crippen LogP contribution >= 0.6 is 15.6 Å². The molecule has 0 aliphatic rings. The molecule has 3 unspecified atom stereocenters. The summed E-state index contributed by atoms with van der Waals surface area (Å²) >= 11 is 0. The van der Waals surface area contributed by atoms with Crippen molar-refractivity contribution in [3.8, 4) is 0 Å². The lowest BCUT2D eigenvalue weighted by molar-refractivity contribution is -0.161. The first-order valence-corrected chi connectivity index (χ1v) is 42.2. The van der Waals surface area contributed by atoms with Crippen LogP contribution in [0.5, 0.6) is 0 Å². The van der Waals surface area contributed by atoms with Crippen molar-refractivity contribution in [2.24, 2.45) is 5.92 Å². The molecule has 0 saturated heterocycles. The average molecular weight is 1380 g/mol. The molecule has 3 N–H and O–H groups in total. The van der Waals surface area contributed by atoms with E-state index in [4.69, 9.17) is 37.0 Å². The molecule has 6 atom stereocenters. The Kier molecular flexibility index (Phi) is 66.8. The summed E-state index contributed by atoms with van der Waals surface area (Å²) in [4.78, 5) is 72.4. The molecule has 0 aromatic heterocycles. The van der Waals surface area contributed by atoms with Crippen LogP contribution in [0.25, 0.3) is 0 Å². The van der Waals surface area contributed by atoms with Crippen molar-refractivity contribution in [2.45, 2.75) is 412 Å². The second-order valence-electron chi connectivity index (χ2n) is 27.3. The molecule has 0 amide bonds. The quantitative estimate of drug-likeness (QED) is 0.0222. The monoisotopic (exact) mass is 1380 g/mol. The second-order valence-corrected chi connectivity index (χ2v) is 30.2. The van der Waals surface area contributed by atoms with Gasteiger partial charge in [-0.05, 0) is 31.6 Å². The van der Waals surface area contributed by atoms with Gasteiger partial charge in [0.2, 0.25) is 0 Å². The summed E-state index contributed by atoms with van der Waals surface area (Å²) in [6, 6.07) is 0. The van der Waals surface area contributed by atoms with Gasteiger partial charge in [-0.25, -0.2) is 9.13 Å². The number of aliphatic hydroxyl groups is 1. The average Bonchev–Trinajstić information content (AvgIpc) is 1.47. The molecule has 0 aliphatic carbocycles. The van der Waals surface area contributed by atoms with Gasteiger partial charge in [0.15, 0.2) is 12.2 Å². The third-order valence-corrected chi connectivity index (χ3v) is 19.8. The highest BCUT2D eigenvalue weighted by atomic mass is 31.2. The molecule has 0 fully saturated rings. The van der Waals surface area contributed by atoms with Crippen molar-refractivity contribution in [2.75, 3.05) is 39.6 Å². The number of aliphatic hydroxyl groups excluding tert-OH is 1. The maximum atomic E-state index is 13.1. The number of rotatable bonds is 75. The molecule has 0 spiro atoms. The van der Waals surface area contributed by atoms with Crippen LogP contribution in [0.1, 0.15) is 394 Å². The molecule has 0 radical (unpaired) electrons. The van der Waals surface area contributed by atoms with E-state index in [1.165, 1.54) is 212 Å². The fourth-order valence-corrected chi connectivity index (χ4v) is 13.1. The number of carbonyl (C=O) groups excluding carboxylic acids is 4. The van der Waals surface area contributed by atoms with Crippen LogP contribution in [0.2, 0.25) is 0 Å². The number of phosphoric acid groups is 2. The van der Waals surface area contributed by atoms with Crippen molar-refractivity contribution in [1.29, 1.82) is 0 Å². The highest BCUT2D eigenvalue weighted by Crippen LogP contribution is 2.45. The molecule has 17 nitrogen and oxygen atoms in total. The molecule has 94 heavy (non-hydrogen) atoms. The van der Waals surface area contributed by atoms with E-state index in [0.29, 0.717) is 25.7 Å². The van der Waals surface area contributed by atoms with E-state index in [-0.39, 0.29) is 25.7 Å². The van der Waals surface area contributed by atoms with Gasteiger partial charge >= 0.3 is 39.5 Å². The lowest BCUT2D eigenvalue weighted by Gasteiger charge is -2.21. The molecule has 0 rings (SSSR count). The number of hydrogen-bond acceptors (Lipinski definition) is 15. The van der Waals surface area contributed by atoms with Crippen molar-refractivity contribution in [3.63, 3.8) is 0 Å². The number of carbonyl (C=O) groups is 4. The van der Waals surface area contributed by atoms with E-state index < -0.39 is 97.5 Å². The zero-order chi connectivity index (χ0) is 69.1. The summed E-state index contributed by atoms with van der Waals surface area (Å²) < 4.78 is 68.2. The SMILES string of the molecule is CCCCCCCCCCCCCCCCCCCCCCCCC(=O)O[C@H](COC(=O)CCCCCCCCCCCCCCCCC)COP(=O)(O)OC[C@@H](O)COP(=O)(O)OC[C@@H](COC(=O)CCCCCCC)OC(=O)CCCCCCCCCCC(C)CC. The van der Waals surface area contributed by atoms with Crippen LogP contribution in [-0.4, -0.2) is 96.7 Å². The highest BCUT2D eigenvalue weighted by Gasteiger charge is 2.30.